The van der Waals surface area contributed by atoms with Crippen molar-refractivity contribution in [3.63, 3.8) is 0 Å². The van der Waals surface area contributed by atoms with Crippen molar-refractivity contribution in [2.75, 3.05) is 13.7 Å². The van der Waals surface area contributed by atoms with E-state index in [-0.39, 0.29) is 30.2 Å². The van der Waals surface area contributed by atoms with Crippen LogP contribution in [0.3, 0.4) is 0 Å². The van der Waals surface area contributed by atoms with E-state index >= 15 is 0 Å². The molecule has 1 saturated carbocycles. The van der Waals surface area contributed by atoms with Crippen LogP contribution in [0.5, 0.6) is 11.5 Å². The van der Waals surface area contributed by atoms with Crippen LogP contribution in [0.1, 0.15) is 54.6 Å². The molecule has 1 N–H and O–H groups in total. The van der Waals surface area contributed by atoms with E-state index in [2.05, 4.69) is 5.32 Å². The molecule has 1 unspecified atom stereocenters. The second kappa shape index (κ2) is 9.54. The summed E-state index contributed by atoms with van der Waals surface area (Å²) < 4.78 is 24.2. The summed E-state index contributed by atoms with van der Waals surface area (Å²) in [5.74, 6) is 0.488. The molecular formula is C23H26FNO4. The molecule has 1 aliphatic carbocycles. The average Bonchev–Trinajstić information content (AvgIpc) is 3.25. The number of hydrogen-bond donors (Lipinski definition) is 1. The molecule has 1 amide bonds. The third-order valence-electron chi connectivity index (χ3n) is 5.35. The molecule has 154 valence electrons. The lowest BCUT2D eigenvalue weighted by Crippen LogP contribution is -2.36. The zero-order valence-corrected chi connectivity index (χ0v) is 16.7. The molecule has 0 aromatic heterocycles. The Morgan fingerprint density at radius 3 is 2.41 bits per heavy atom. The fourth-order valence-electron chi connectivity index (χ4n) is 3.80. The summed E-state index contributed by atoms with van der Waals surface area (Å²) in [6, 6.07) is 11.0. The van der Waals surface area contributed by atoms with Crippen molar-refractivity contribution in [2.45, 2.75) is 38.6 Å². The number of benzene rings is 2. The molecular weight excluding hydrogens is 373 g/mol. The summed E-state index contributed by atoms with van der Waals surface area (Å²) >= 11 is 0. The van der Waals surface area contributed by atoms with Crippen LogP contribution in [0.15, 0.2) is 42.5 Å². The molecule has 0 spiro atoms. The molecule has 1 fully saturated rings. The first-order valence-corrected chi connectivity index (χ1v) is 9.84. The first-order valence-electron chi connectivity index (χ1n) is 9.84. The third-order valence-corrected chi connectivity index (χ3v) is 5.35. The van der Waals surface area contributed by atoms with Crippen LogP contribution in [0.25, 0.3) is 0 Å². The standard InChI is InChI=1S/C23H26FNO4/c1-15(26)18-9-12-20(21(13-18)28-2)29-14-22(27)25-23(16-5-3-4-6-16)17-7-10-19(24)11-8-17/h7-13,16,23H,3-6,14H2,1-2H3,(H,25,27). The fraction of sp³-hybridized carbons (Fsp3) is 0.391. The van der Waals surface area contributed by atoms with E-state index < -0.39 is 0 Å². The van der Waals surface area contributed by atoms with Gasteiger partial charge in [0.1, 0.15) is 5.82 Å². The Balaban J connectivity index is 1.67. The van der Waals surface area contributed by atoms with Crippen molar-refractivity contribution in [1.29, 1.82) is 0 Å². The molecule has 0 saturated heterocycles. The molecule has 1 atom stereocenters. The van der Waals surface area contributed by atoms with Gasteiger partial charge in [-0.05, 0) is 61.6 Å². The second-order valence-electron chi connectivity index (χ2n) is 7.35. The van der Waals surface area contributed by atoms with Crippen molar-refractivity contribution in [3.05, 3.63) is 59.4 Å². The summed E-state index contributed by atoms with van der Waals surface area (Å²) in [5.41, 5.74) is 1.41. The summed E-state index contributed by atoms with van der Waals surface area (Å²) in [6.45, 7) is 1.29. The summed E-state index contributed by atoms with van der Waals surface area (Å²) in [7, 11) is 1.48. The van der Waals surface area contributed by atoms with Crippen LogP contribution >= 0.6 is 0 Å². The summed E-state index contributed by atoms with van der Waals surface area (Å²) in [5, 5.41) is 3.05. The van der Waals surface area contributed by atoms with Crippen LogP contribution in [0.2, 0.25) is 0 Å². The lowest BCUT2D eigenvalue weighted by molar-refractivity contribution is -0.124. The number of hydrogen-bond acceptors (Lipinski definition) is 4. The molecule has 1 aliphatic rings. The number of amides is 1. The predicted octanol–water partition coefficient (Wildman–Crippen LogP) is 4.46. The smallest absolute Gasteiger partial charge is 0.258 e. The number of carbonyl (C=O) groups is 2. The molecule has 0 aliphatic heterocycles. The van der Waals surface area contributed by atoms with E-state index in [1.165, 1.54) is 26.2 Å². The van der Waals surface area contributed by atoms with E-state index in [1.54, 1.807) is 30.3 Å². The Morgan fingerprint density at radius 1 is 1.10 bits per heavy atom. The number of Topliss-reactive ketones (excluding diaryl/α,β-unsaturated/α-hetero) is 1. The van der Waals surface area contributed by atoms with Gasteiger partial charge in [0.05, 0.1) is 13.2 Å². The maximum Gasteiger partial charge on any atom is 0.258 e. The Kier molecular flexibility index (Phi) is 6.86. The Bertz CT molecular complexity index is 860. The molecule has 0 bridgehead atoms. The van der Waals surface area contributed by atoms with E-state index in [1.807, 2.05) is 0 Å². The second-order valence-corrected chi connectivity index (χ2v) is 7.35. The van der Waals surface area contributed by atoms with Crippen LogP contribution in [-0.4, -0.2) is 25.4 Å². The molecule has 0 radical (unpaired) electrons. The van der Waals surface area contributed by atoms with Gasteiger partial charge in [0.15, 0.2) is 23.9 Å². The van der Waals surface area contributed by atoms with Crippen molar-refractivity contribution >= 4 is 11.7 Å². The Morgan fingerprint density at radius 2 is 1.79 bits per heavy atom. The number of ether oxygens (including phenoxy) is 2. The van der Waals surface area contributed by atoms with Crippen molar-refractivity contribution in [2.24, 2.45) is 5.92 Å². The monoisotopic (exact) mass is 399 g/mol. The molecule has 6 heteroatoms. The zero-order valence-electron chi connectivity index (χ0n) is 16.7. The van der Waals surface area contributed by atoms with Gasteiger partial charge < -0.3 is 14.8 Å². The number of carbonyl (C=O) groups excluding carboxylic acids is 2. The first-order chi connectivity index (χ1) is 14.0. The summed E-state index contributed by atoms with van der Waals surface area (Å²) in [4.78, 5) is 24.1. The largest absolute Gasteiger partial charge is 0.493 e. The Hall–Kier alpha value is -2.89. The van der Waals surface area contributed by atoms with Gasteiger partial charge in [0.25, 0.3) is 5.91 Å². The predicted molar refractivity (Wildman–Crippen MR) is 108 cm³/mol. The number of ketones is 1. The molecule has 0 heterocycles. The molecule has 3 rings (SSSR count). The quantitative estimate of drug-likeness (QED) is 0.666. The van der Waals surface area contributed by atoms with E-state index in [4.69, 9.17) is 9.47 Å². The number of methoxy groups -OCH3 is 1. The van der Waals surface area contributed by atoms with E-state index in [0.29, 0.717) is 23.0 Å². The first kappa shape index (κ1) is 20.8. The van der Waals surface area contributed by atoms with Gasteiger partial charge in [-0.3, -0.25) is 9.59 Å². The van der Waals surface area contributed by atoms with Gasteiger partial charge in [0.2, 0.25) is 0 Å². The maximum absolute atomic E-state index is 13.3. The van der Waals surface area contributed by atoms with Crippen LogP contribution < -0.4 is 14.8 Å². The Labute approximate surface area is 170 Å². The van der Waals surface area contributed by atoms with Crippen LogP contribution in [-0.2, 0) is 4.79 Å². The van der Waals surface area contributed by atoms with Gasteiger partial charge in [-0.1, -0.05) is 25.0 Å². The van der Waals surface area contributed by atoms with Crippen LogP contribution in [0.4, 0.5) is 4.39 Å². The lowest BCUT2D eigenvalue weighted by atomic mass is 9.91. The fourth-order valence-corrected chi connectivity index (χ4v) is 3.80. The van der Waals surface area contributed by atoms with Crippen molar-refractivity contribution in [1.82, 2.24) is 5.32 Å². The van der Waals surface area contributed by atoms with Gasteiger partial charge in [-0.25, -0.2) is 4.39 Å². The highest BCUT2D eigenvalue weighted by molar-refractivity contribution is 5.94. The molecule has 2 aromatic rings. The van der Waals surface area contributed by atoms with Crippen molar-refractivity contribution in [3.8, 4) is 11.5 Å². The minimum absolute atomic E-state index is 0.0775. The van der Waals surface area contributed by atoms with E-state index in [9.17, 15) is 14.0 Å². The average molecular weight is 399 g/mol. The number of rotatable bonds is 8. The van der Waals surface area contributed by atoms with Gasteiger partial charge in [-0.2, -0.15) is 0 Å². The molecule has 2 aromatic carbocycles. The third kappa shape index (κ3) is 5.34. The van der Waals surface area contributed by atoms with Gasteiger partial charge in [-0.15, -0.1) is 0 Å². The zero-order chi connectivity index (χ0) is 20.8. The highest BCUT2D eigenvalue weighted by atomic mass is 19.1. The minimum atomic E-state index is -0.297. The van der Waals surface area contributed by atoms with E-state index in [0.717, 1.165) is 31.2 Å². The van der Waals surface area contributed by atoms with Crippen molar-refractivity contribution < 1.29 is 23.5 Å². The van der Waals surface area contributed by atoms with Crippen LogP contribution in [0, 0.1) is 11.7 Å². The highest BCUT2D eigenvalue weighted by Gasteiger charge is 2.28. The normalized spacial score (nSPS) is 15.0. The van der Waals surface area contributed by atoms with Gasteiger partial charge in [0, 0.05) is 5.56 Å². The highest BCUT2D eigenvalue weighted by Crippen LogP contribution is 2.36. The SMILES string of the molecule is COc1cc(C(C)=O)ccc1OCC(=O)NC(c1ccc(F)cc1)C1CCCC1. The topological polar surface area (TPSA) is 64.6 Å². The maximum atomic E-state index is 13.3. The van der Waals surface area contributed by atoms with Gasteiger partial charge >= 0.3 is 0 Å². The molecule has 5 nitrogen and oxygen atoms in total. The number of halogens is 1. The number of nitrogens with one attached hydrogen (secondary N) is 1. The summed E-state index contributed by atoms with van der Waals surface area (Å²) in [6.07, 6.45) is 4.33. The minimum Gasteiger partial charge on any atom is -0.493 e. The molecule has 29 heavy (non-hydrogen) atoms. The lowest BCUT2D eigenvalue weighted by Gasteiger charge is -2.25.